The number of fused-ring (bicyclic) bond motifs is 1. The number of ether oxygens (including phenoxy) is 2. The molecule has 5 N–H and O–H groups in total. The lowest BCUT2D eigenvalue weighted by atomic mass is 9.96. The van der Waals surface area contributed by atoms with Crippen LogP contribution in [0.3, 0.4) is 0 Å². The summed E-state index contributed by atoms with van der Waals surface area (Å²) in [6.45, 7) is 6.56. The maximum Gasteiger partial charge on any atom is 0.410 e. The predicted molar refractivity (Wildman–Crippen MR) is 115 cm³/mol. The van der Waals surface area contributed by atoms with Crippen molar-refractivity contribution in [3.05, 3.63) is 18.6 Å². The van der Waals surface area contributed by atoms with E-state index in [9.17, 15) is 19.8 Å². The molecule has 1 aliphatic rings. The molecule has 0 radical (unpaired) electrons. The number of aliphatic hydroxyl groups excluding tert-OH is 2. The lowest BCUT2D eigenvalue weighted by Crippen LogP contribution is -2.64. The number of nitrogens with zero attached hydrogens (tertiary/aromatic N) is 3. The fourth-order valence-corrected chi connectivity index (χ4v) is 3.36. The zero-order valence-electron chi connectivity index (χ0n) is 18.7. The minimum absolute atomic E-state index is 0.283. The molecular formula is C20H30N6O6. The molecule has 2 aromatic rings. The number of nitrogens with one attached hydrogen (secondary N) is 3. The normalized spacial score (nSPS) is 25.9. The summed E-state index contributed by atoms with van der Waals surface area (Å²) < 4.78 is 11.0. The highest BCUT2D eigenvalue weighted by Crippen LogP contribution is 2.24. The van der Waals surface area contributed by atoms with E-state index in [1.165, 1.54) is 13.4 Å². The first-order chi connectivity index (χ1) is 15.0. The van der Waals surface area contributed by atoms with Gasteiger partial charge < -0.3 is 40.2 Å². The third kappa shape index (κ3) is 5.44. The van der Waals surface area contributed by atoms with E-state index in [1.807, 2.05) is 0 Å². The van der Waals surface area contributed by atoms with Gasteiger partial charge in [0.15, 0.2) is 12.0 Å². The van der Waals surface area contributed by atoms with E-state index in [0.717, 1.165) is 4.90 Å². The van der Waals surface area contributed by atoms with Crippen LogP contribution in [0.25, 0.3) is 11.0 Å². The van der Waals surface area contributed by atoms with Crippen molar-refractivity contribution in [3.63, 3.8) is 0 Å². The predicted octanol–water partition coefficient (Wildman–Crippen LogP) is 0.188. The molecule has 2 aromatic heterocycles. The van der Waals surface area contributed by atoms with Crippen molar-refractivity contribution in [3.8, 4) is 0 Å². The molecule has 5 atom stereocenters. The number of aliphatic hydroxyl groups is 2. The fraction of sp³-hybridized carbons (Fsp3) is 0.600. The first-order valence-electron chi connectivity index (χ1n) is 10.3. The van der Waals surface area contributed by atoms with Crippen molar-refractivity contribution >= 4 is 28.9 Å². The highest BCUT2D eigenvalue weighted by Gasteiger charge is 2.43. The number of rotatable bonds is 5. The number of aromatic amines is 1. The molecule has 32 heavy (non-hydrogen) atoms. The molecule has 2 amide bonds. The summed E-state index contributed by atoms with van der Waals surface area (Å²) in [5.41, 5.74) is 0.623. The second-order valence-corrected chi connectivity index (χ2v) is 8.78. The summed E-state index contributed by atoms with van der Waals surface area (Å²) >= 11 is 0. The molecule has 1 aliphatic heterocycles. The van der Waals surface area contributed by atoms with Crippen LogP contribution >= 0.6 is 0 Å². The van der Waals surface area contributed by atoms with Gasteiger partial charge in [-0.15, -0.1) is 0 Å². The molecule has 0 bridgehead atoms. The molecule has 3 rings (SSSR count). The van der Waals surface area contributed by atoms with Crippen molar-refractivity contribution < 1.29 is 29.3 Å². The van der Waals surface area contributed by atoms with Crippen molar-refractivity contribution in [1.29, 1.82) is 0 Å². The van der Waals surface area contributed by atoms with Gasteiger partial charge in [0.05, 0.1) is 17.7 Å². The van der Waals surface area contributed by atoms with Crippen LogP contribution < -0.4 is 10.6 Å². The molecule has 0 unspecified atom stereocenters. The number of H-pyrrole nitrogens is 1. The molecule has 12 heteroatoms. The first-order valence-corrected chi connectivity index (χ1v) is 10.3. The monoisotopic (exact) mass is 450 g/mol. The Bertz CT molecular complexity index is 959. The van der Waals surface area contributed by atoms with Crippen LogP contribution in [0.4, 0.5) is 10.6 Å². The Labute approximate surface area is 185 Å². The number of amides is 2. The quantitative estimate of drug-likeness (QED) is 0.428. The van der Waals surface area contributed by atoms with Gasteiger partial charge in [0.25, 0.3) is 0 Å². The third-order valence-corrected chi connectivity index (χ3v) is 4.93. The fourth-order valence-electron chi connectivity index (χ4n) is 3.36. The summed E-state index contributed by atoms with van der Waals surface area (Å²) in [7, 11) is 1.43. The van der Waals surface area contributed by atoms with Crippen LogP contribution in [0.2, 0.25) is 0 Å². The summed E-state index contributed by atoms with van der Waals surface area (Å²) in [6, 6.07) is 0.885. The average Bonchev–Trinajstić information content (AvgIpc) is 3.17. The molecule has 0 saturated carbocycles. The second-order valence-electron chi connectivity index (χ2n) is 8.78. The van der Waals surface area contributed by atoms with Gasteiger partial charge in [-0.3, -0.25) is 4.79 Å². The van der Waals surface area contributed by atoms with Crippen molar-refractivity contribution in [2.24, 2.45) is 0 Å². The maximum atomic E-state index is 12.4. The number of carbonyl (C=O) groups is 2. The Hall–Kier alpha value is -2.96. The first kappa shape index (κ1) is 23.7. The van der Waals surface area contributed by atoms with E-state index in [4.69, 9.17) is 9.47 Å². The van der Waals surface area contributed by atoms with Crippen LogP contribution in [0.15, 0.2) is 18.6 Å². The van der Waals surface area contributed by atoms with Gasteiger partial charge in [-0.2, -0.15) is 0 Å². The van der Waals surface area contributed by atoms with E-state index >= 15 is 0 Å². The van der Waals surface area contributed by atoms with Gasteiger partial charge in [-0.25, -0.2) is 14.8 Å². The standard InChI is InChI=1S/C20H30N6O6/c1-10-13(24-12(27)8-26(5)19(30)32-20(2,3)4)15(28)16(29)18(31-10)25-17-14-11(6-7-21-14)22-9-23-17/h6-7,9-10,13,15-16,18,21,28-29H,8H2,1-5H3,(H,24,27)(H,22,23,25)/t10-,13-,15+,16+,18-/m0/s1. The van der Waals surface area contributed by atoms with Gasteiger partial charge in [0.2, 0.25) is 5.91 Å². The van der Waals surface area contributed by atoms with Crippen LogP contribution in [-0.2, 0) is 14.3 Å². The summed E-state index contributed by atoms with van der Waals surface area (Å²) in [6.07, 6.45) is -1.88. The summed E-state index contributed by atoms with van der Waals surface area (Å²) in [5.74, 6) is -0.120. The topological polar surface area (TPSA) is 162 Å². The molecule has 176 valence electrons. The van der Waals surface area contributed by atoms with E-state index < -0.39 is 48.2 Å². The average molecular weight is 450 g/mol. The van der Waals surface area contributed by atoms with Gasteiger partial charge in [-0.05, 0) is 33.8 Å². The van der Waals surface area contributed by atoms with Gasteiger partial charge >= 0.3 is 6.09 Å². The minimum atomic E-state index is -1.36. The van der Waals surface area contributed by atoms with Crippen molar-refractivity contribution in [1.82, 2.24) is 25.2 Å². The molecule has 1 saturated heterocycles. The van der Waals surface area contributed by atoms with Crippen LogP contribution in [0, 0.1) is 0 Å². The number of aromatic nitrogens is 3. The van der Waals surface area contributed by atoms with Gasteiger partial charge in [-0.1, -0.05) is 0 Å². The third-order valence-electron chi connectivity index (χ3n) is 4.93. The van der Waals surface area contributed by atoms with E-state index in [-0.39, 0.29) is 6.54 Å². The largest absolute Gasteiger partial charge is 0.444 e. The highest BCUT2D eigenvalue weighted by atomic mass is 16.6. The maximum absolute atomic E-state index is 12.4. The van der Waals surface area contributed by atoms with Crippen molar-refractivity contribution in [2.75, 3.05) is 18.9 Å². The van der Waals surface area contributed by atoms with Crippen LogP contribution in [0.5, 0.6) is 0 Å². The Morgan fingerprint density at radius 3 is 2.69 bits per heavy atom. The summed E-state index contributed by atoms with van der Waals surface area (Å²) in [4.78, 5) is 36.9. The summed E-state index contributed by atoms with van der Waals surface area (Å²) in [5, 5.41) is 26.8. The smallest absolute Gasteiger partial charge is 0.410 e. The zero-order valence-corrected chi connectivity index (χ0v) is 18.7. The minimum Gasteiger partial charge on any atom is -0.444 e. The number of likely N-dealkylation sites (N-methyl/N-ethyl adjacent to an activating group) is 1. The van der Waals surface area contributed by atoms with Gasteiger partial charge in [0.1, 0.15) is 36.2 Å². The molecule has 0 aliphatic carbocycles. The number of anilines is 1. The molecular weight excluding hydrogens is 420 g/mol. The van der Waals surface area contributed by atoms with E-state index in [2.05, 4.69) is 25.6 Å². The highest BCUT2D eigenvalue weighted by molar-refractivity contribution is 5.85. The molecule has 3 heterocycles. The van der Waals surface area contributed by atoms with E-state index in [1.54, 1.807) is 40.0 Å². The number of carbonyl (C=O) groups excluding carboxylic acids is 2. The lowest BCUT2D eigenvalue weighted by Gasteiger charge is -2.42. The number of hydrogen-bond donors (Lipinski definition) is 5. The Balaban J connectivity index is 1.60. The van der Waals surface area contributed by atoms with Crippen molar-refractivity contribution in [2.45, 2.75) is 63.9 Å². The van der Waals surface area contributed by atoms with E-state index in [0.29, 0.717) is 16.9 Å². The zero-order chi connectivity index (χ0) is 23.6. The second kappa shape index (κ2) is 9.27. The van der Waals surface area contributed by atoms with Crippen LogP contribution in [0.1, 0.15) is 27.7 Å². The Morgan fingerprint density at radius 2 is 2.00 bits per heavy atom. The van der Waals surface area contributed by atoms with Crippen LogP contribution in [-0.4, -0.2) is 91.8 Å². The molecule has 1 fully saturated rings. The Morgan fingerprint density at radius 1 is 1.28 bits per heavy atom. The molecule has 12 nitrogen and oxygen atoms in total. The SMILES string of the molecule is C[C@@H]1O[C@H](Nc2ncnc3cc[nH]c23)[C@H](O)[C@H](O)[C@H]1NC(=O)CN(C)C(=O)OC(C)(C)C. The van der Waals surface area contributed by atoms with Gasteiger partial charge in [0, 0.05) is 13.2 Å². The Kier molecular flexibility index (Phi) is 6.86. The molecule has 0 spiro atoms. The number of hydrogen-bond acceptors (Lipinski definition) is 9. The lowest BCUT2D eigenvalue weighted by molar-refractivity contribution is -0.172. The molecule has 0 aromatic carbocycles.